The summed E-state index contributed by atoms with van der Waals surface area (Å²) in [7, 11) is 0. The summed E-state index contributed by atoms with van der Waals surface area (Å²) in [5.74, 6) is -0.172. The lowest BCUT2D eigenvalue weighted by molar-refractivity contribution is -0.153. The molecule has 0 aliphatic heterocycles. The van der Waals surface area contributed by atoms with E-state index in [1.807, 2.05) is 45.1 Å². The van der Waals surface area contributed by atoms with Crippen molar-refractivity contribution in [3.63, 3.8) is 0 Å². The maximum absolute atomic E-state index is 11.5. The van der Waals surface area contributed by atoms with E-state index in [-0.39, 0.29) is 5.97 Å². The Morgan fingerprint density at radius 3 is 2.80 bits per heavy atom. The van der Waals surface area contributed by atoms with Gasteiger partial charge in [-0.3, -0.25) is 4.79 Å². The first-order valence-corrected chi connectivity index (χ1v) is 5.21. The van der Waals surface area contributed by atoms with E-state index in [2.05, 4.69) is 6.08 Å². The standard InChI is InChI=1S/C13H18O2/c1-13(2,3)15-12(14)10-11-8-6-4-5-7-9-11/h4,6-9H,5,10H2,1-3H3. The minimum atomic E-state index is -0.401. The van der Waals surface area contributed by atoms with Gasteiger partial charge in [-0.15, -0.1) is 0 Å². The second-order valence-electron chi connectivity index (χ2n) is 4.57. The summed E-state index contributed by atoms with van der Waals surface area (Å²) < 4.78 is 5.24. The molecule has 0 saturated heterocycles. The van der Waals surface area contributed by atoms with Crippen LogP contribution in [-0.4, -0.2) is 11.6 Å². The van der Waals surface area contributed by atoms with E-state index in [4.69, 9.17) is 4.74 Å². The third-order valence-electron chi connectivity index (χ3n) is 1.82. The molecule has 0 atom stereocenters. The first kappa shape index (κ1) is 11.8. The van der Waals surface area contributed by atoms with Crippen molar-refractivity contribution in [3.8, 4) is 0 Å². The first-order chi connectivity index (χ1) is 6.97. The Morgan fingerprint density at radius 1 is 1.40 bits per heavy atom. The van der Waals surface area contributed by atoms with E-state index < -0.39 is 5.60 Å². The van der Waals surface area contributed by atoms with Gasteiger partial charge in [-0.1, -0.05) is 30.4 Å². The first-order valence-electron chi connectivity index (χ1n) is 5.21. The maximum Gasteiger partial charge on any atom is 0.310 e. The topological polar surface area (TPSA) is 26.3 Å². The van der Waals surface area contributed by atoms with Crippen molar-refractivity contribution in [2.45, 2.75) is 39.2 Å². The predicted molar refractivity (Wildman–Crippen MR) is 61.4 cm³/mol. The van der Waals surface area contributed by atoms with Crippen molar-refractivity contribution in [1.29, 1.82) is 0 Å². The van der Waals surface area contributed by atoms with Crippen LogP contribution in [0.4, 0.5) is 0 Å². The average Bonchev–Trinajstić information content (AvgIpc) is 2.28. The molecule has 1 aliphatic carbocycles. The molecule has 0 amide bonds. The van der Waals surface area contributed by atoms with Gasteiger partial charge >= 0.3 is 5.97 Å². The van der Waals surface area contributed by atoms with Crippen LogP contribution in [0.25, 0.3) is 0 Å². The van der Waals surface area contributed by atoms with Crippen molar-refractivity contribution < 1.29 is 9.53 Å². The molecule has 0 aromatic heterocycles. The van der Waals surface area contributed by atoms with Gasteiger partial charge in [0.2, 0.25) is 0 Å². The highest BCUT2D eigenvalue weighted by molar-refractivity contribution is 5.73. The summed E-state index contributed by atoms with van der Waals surface area (Å²) in [6, 6.07) is 0. The number of ether oxygens (including phenoxy) is 1. The largest absolute Gasteiger partial charge is 0.460 e. The fraction of sp³-hybridized carbons (Fsp3) is 0.462. The molecule has 0 unspecified atom stereocenters. The molecule has 2 nitrogen and oxygen atoms in total. The molecule has 0 aromatic carbocycles. The van der Waals surface area contributed by atoms with Gasteiger partial charge < -0.3 is 4.74 Å². The van der Waals surface area contributed by atoms with Crippen LogP contribution in [0.3, 0.4) is 0 Å². The quantitative estimate of drug-likeness (QED) is 0.649. The number of carbonyl (C=O) groups is 1. The molecular formula is C13H18O2. The van der Waals surface area contributed by atoms with Gasteiger partial charge in [-0.25, -0.2) is 0 Å². The van der Waals surface area contributed by atoms with Crippen molar-refractivity contribution in [2.75, 3.05) is 0 Å². The monoisotopic (exact) mass is 206 g/mol. The molecule has 2 heteroatoms. The van der Waals surface area contributed by atoms with Gasteiger partial charge in [0.05, 0.1) is 6.42 Å². The fourth-order valence-electron chi connectivity index (χ4n) is 1.29. The Labute approximate surface area is 91.3 Å². The second-order valence-corrected chi connectivity index (χ2v) is 4.57. The van der Waals surface area contributed by atoms with Gasteiger partial charge in [0.25, 0.3) is 0 Å². The molecular weight excluding hydrogens is 188 g/mol. The van der Waals surface area contributed by atoms with Crippen molar-refractivity contribution in [1.82, 2.24) is 0 Å². The lowest BCUT2D eigenvalue weighted by atomic mass is 10.1. The van der Waals surface area contributed by atoms with Gasteiger partial charge in [0.15, 0.2) is 0 Å². The molecule has 0 aromatic rings. The smallest absolute Gasteiger partial charge is 0.310 e. The number of esters is 1. The average molecular weight is 206 g/mol. The van der Waals surface area contributed by atoms with Crippen LogP contribution >= 0.6 is 0 Å². The highest BCUT2D eigenvalue weighted by Crippen LogP contribution is 2.13. The molecule has 82 valence electrons. The van der Waals surface area contributed by atoms with Crippen LogP contribution in [0, 0.1) is 0 Å². The molecule has 0 heterocycles. The van der Waals surface area contributed by atoms with Crippen LogP contribution in [0.15, 0.2) is 36.0 Å². The number of hydrogen-bond donors (Lipinski definition) is 0. The van der Waals surface area contributed by atoms with Crippen molar-refractivity contribution in [3.05, 3.63) is 36.0 Å². The summed E-state index contributed by atoms with van der Waals surface area (Å²) in [6.45, 7) is 5.63. The lowest BCUT2D eigenvalue weighted by Gasteiger charge is -2.19. The molecule has 1 aliphatic rings. The third kappa shape index (κ3) is 5.21. The van der Waals surface area contributed by atoms with Crippen LogP contribution < -0.4 is 0 Å². The summed E-state index contributed by atoms with van der Waals surface area (Å²) in [5, 5.41) is 0. The second kappa shape index (κ2) is 4.96. The zero-order valence-corrected chi connectivity index (χ0v) is 9.62. The summed E-state index contributed by atoms with van der Waals surface area (Å²) >= 11 is 0. The predicted octanol–water partition coefficient (Wildman–Crippen LogP) is 3.16. The Bertz CT molecular complexity index is 314. The minimum absolute atomic E-state index is 0.172. The van der Waals surface area contributed by atoms with Gasteiger partial charge in [-0.05, 0) is 32.8 Å². The highest BCUT2D eigenvalue weighted by Gasteiger charge is 2.16. The molecule has 0 N–H and O–H groups in total. The van der Waals surface area contributed by atoms with E-state index in [1.54, 1.807) is 0 Å². The van der Waals surface area contributed by atoms with Gasteiger partial charge in [0.1, 0.15) is 5.60 Å². The molecule has 0 fully saturated rings. The number of allylic oxidation sites excluding steroid dienone is 5. The maximum atomic E-state index is 11.5. The lowest BCUT2D eigenvalue weighted by Crippen LogP contribution is -2.23. The molecule has 0 saturated carbocycles. The van der Waals surface area contributed by atoms with Crippen molar-refractivity contribution in [2.24, 2.45) is 0 Å². The Balaban J connectivity index is 2.51. The van der Waals surface area contributed by atoms with Gasteiger partial charge in [0, 0.05) is 0 Å². The van der Waals surface area contributed by atoms with E-state index >= 15 is 0 Å². The summed E-state index contributed by atoms with van der Waals surface area (Å²) in [6.07, 6.45) is 11.3. The Kier molecular flexibility index (Phi) is 3.89. The van der Waals surface area contributed by atoms with Gasteiger partial charge in [-0.2, -0.15) is 0 Å². The zero-order valence-electron chi connectivity index (χ0n) is 9.62. The van der Waals surface area contributed by atoms with E-state index in [0.29, 0.717) is 6.42 Å². The Morgan fingerprint density at radius 2 is 2.13 bits per heavy atom. The fourth-order valence-corrected chi connectivity index (χ4v) is 1.29. The molecule has 0 spiro atoms. The van der Waals surface area contributed by atoms with Crippen LogP contribution in [0.1, 0.15) is 33.6 Å². The summed E-state index contributed by atoms with van der Waals surface area (Å²) in [5.41, 5.74) is 0.597. The third-order valence-corrected chi connectivity index (χ3v) is 1.82. The van der Waals surface area contributed by atoms with Crippen LogP contribution in [0.2, 0.25) is 0 Å². The summed E-state index contributed by atoms with van der Waals surface area (Å²) in [4.78, 5) is 11.5. The number of rotatable bonds is 2. The number of hydrogen-bond acceptors (Lipinski definition) is 2. The SMILES string of the molecule is CC(C)(C)OC(=O)CC1=CC=CCC=C1. The van der Waals surface area contributed by atoms with E-state index in [1.165, 1.54) is 0 Å². The molecule has 0 bridgehead atoms. The minimum Gasteiger partial charge on any atom is -0.460 e. The van der Waals surface area contributed by atoms with Crippen LogP contribution in [-0.2, 0) is 9.53 Å². The molecule has 1 rings (SSSR count). The highest BCUT2D eigenvalue weighted by atomic mass is 16.6. The number of carbonyl (C=O) groups excluding carboxylic acids is 1. The molecule has 15 heavy (non-hydrogen) atoms. The normalized spacial score (nSPS) is 15.8. The molecule has 0 radical (unpaired) electrons. The van der Waals surface area contributed by atoms with Crippen LogP contribution in [0.5, 0.6) is 0 Å². The van der Waals surface area contributed by atoms with E-state index in [9.17, 15) is 4.79 Å². The Hall–Kier alpha value is -1.31. The van der Waals surface area contributed by atoms with E-state index in [0.717, 1.165) is 12.0 Å². The van der Waals surface area contributed by atoms with Crippen molar-refractivity contribution >= 4 is 5.97 Å². The zero-order chi connectivity index (χ0) is 11.3.